The molecular formula is C12H18N3Si. The summed E-state index contributed by atoms with van der Waals surface area (Å²) in [6.45, 7) is 7.60. The van der Waals surface area contributed by atoms with Gasteiger partial charge in [-0.15, -0.1) is 0 Å². The van der Waals surface area contributed by atoms with Crippen LogP contribution in [0.3, 0.4) is 0 Å². The van der Waals surface area contributed by atoms with Crippen molar-refractivity contribution < 1.29 is 0 Å². The lowest BCUT2D eigenvalue weighted by Crippen LogP contribution is -1.98. The molecule has 2 aromatic rings. The van der Waals surface area contributed by atoms with Gasteiger partial charge in [-0.2, -0.15) is 5.10 Å². The summed E-state index contributed by atoms with van der Waals surface area (Å²) in [5.41, 5.74) is 1.24. The fourth-order valence-electron chi connectivity index (χ4n) is 1.08. The van der Waals surface area contributed by atoms with E-state index in [-0.39, 0.29) is 8.80 Å². The van der Waals surface area contributed by atoms with E-state index in [1.807, 2.05) is 18.2 Å². The highest BCUT2D eigenvalue weighted by molar-refractivity contribution is 6.54. The van der Waals surface area contributed by atoms with E-state index in [0.29, 0.717) is 0 Å². The molecule has 0 saturated carbocycles. The van der Waals surface area contributed by atoms with Gasteiger partial charge in [0.15, 0.2) is 0 Å². The van der Waals surface area contributed by atoms with E-state index in [2.05, 4.69) is 41.9 Å². The van der Waals surface area contributed by atoms with E-state index in [9.17, 15) is 0 Å². The molecule has 0 spiro atoms. The first kappa shape index (κ1) is 12.6. The minimum atomic E-state index is 0.120. The summed E-state index contributed by atoms with van der Waals surface area (Å²) in [6, 6.07) is 10.2. The third-order valence-electron chi connectivity index (χ3n) is 1.65. The zero-order chi connectivity index (χ0) is 11.8. The van der Waals surface area contributed by atoms with Crippen LogP contribution in [-0.4, -0.2) is 23.6 Å². The largest absolute Gasteiger partial charge is 0.249 e. The molecule has 2 rings (SSSR count). The Morgan fingerprint density at radius 2 is 1.75 bits per heavy atom. The molecule has 16 heavy (non-hydrogen) atoms. The smallest absolute Gasteiger partial charge is 0.137 e. The Bertz CT molecular complexity index is 368. The Morgan fingerprint density at radius 1 is 1.12 bits per heavy atom. The second-order valence-corrected chi connectivity index (χ2v) is 7.08. The van der Waals surface area contributed by atoms with Gasteiger partial charge in [-0.1, -0.05) is 50.0 Å². The minimum absolute atomic E-state index is 0.120. The summed E-state index contributed by atoms with van der Waals surface area (Å²) in [7, 11) is 0.120. The first-order valence-electron chi connectivity index (χ1n) is 5.31. The molecule has 0 atom stereocenters. The summed E-state index contributed by atoms with van der Waals surface area (Å²) in [5.74, 6) is 0. The number of rotatable bonds is 2. The van der Waals surface area contributed by atoms with Gasteiger partial charge in [0.1, 0.15) is 12.7 Å². The fourth-order valence-corrected chi connectivity index (χ4v) is 1.08. The molecule has 3 nitrogen and oxygen atoms in total. The van der Waals surface area contributed by atoms with Gasteiger partial charge >= 0.3 is 0 Å². The van der Waals surface area contributed by atoms with E-state index in [1.165, 1.54) is 5.56 Å². The zero-order valence-electron chi connectivity index (χ0n) is 10.1. The van der Waals surface area contributed by atoms with E-state index in [1.54, 1.807) is 17.3 Å². The molecule has 0 N–H and O–H groups in total. The first-order valence-corrected chi connectivity index (χ1v) is 8.31. The normalized spacial score (nSPS) is 9.75. The quantitative estimate of drug-likeness (QED) is 0.745. The van der Waals surface area contributed by atoms with Crippen molar-refractivity contribution in [2.45, 2.75) is 26.2 Å². The summed E-state index contributed by atoms with van der Waals surface area (Å²) in [6.07, 6.45) is 3.26. The molecule has 0 fully saturated rings. The average Bonchev–Trinajstić information content (AvgIpc) is 2.71. The molecule has 0 bridgehead atoms. The molecule has 1 radical (unpaired) electrons. The van der Waals surface area contributed by atoms with Crippen LogP contribution < -0.4 is 0 Å². The van der Waals surface area contributed by atoms with E-state index >= 15 is 0 Å². The van der Waals surface area contributed by atoms with Crippen molar-refractivity contribution in [1.29, 1.82) is 0 Å². The van der Waals surface area contributed by atoms with Gasteiger partial charge in [0.05, 0.1) is 6.54 Å². The molecular weight excluding hydrogens is 214 g/mol. The van der Waals surface area contributed by atoms with Crippen molar-refractivity contribution >= 4 is 8.80 Å². The summed E-state index contributed by atoms with van der Waals surface area (Å²) >= 11 is 0. The Hall–Kier alpha value is -1.42. The fraction of sp³-hybridized carbons (Fsp3) is 0.333. The van der Waals surface area contributed by atoms with Crippen LogP contribution in [0.1, 0.15) is 5.56 Å². The first-order chi connectivity index (χ1) is 7.68. The van der Waals surface area contributed by atoms with Gasteiger partial charge in [0.25, 0.3) is 0 Å². The predicted octanol–water partition coefficient (Wildman–Crippen LogP) is 2.70. The van der Waals surface area contributed by atoms with Gasteiger partial charge in [0.2, 0.25) is 0 Å². The minimum Gasteiger partial charge on any atom is -0.249 e. The third-order valence-corrected chi connectivity index (χ3v) is 1.65. The maximum absolute atomic E-state index is 4.02. The van der Waals surface area contributed by atoms with Crippen LogP contribution in [0.25, 0.3) is 0 Å². The maximum Gasteiger partial charge on any atom is 0.137 e. The van der Waals surface area contributed by atoms with Crippen molar-refractivity contribution in [2.75, 3.05) is 0 Å². The van der Waals surface area contributed by atoms with Crippen molar-refractivity contribution in [1.82, 2.24) is 14.8 Å². The number of nitrogens with zero attached hydrogens (tertiary/aromatic N) is 3. The summed E-state index contributed by atoms with van der Waals surface area (Å²) in [5, 5.41) is 4.02. The van der Waals surface area contributed by atoms with Crippen LogP contribution in [0, 0.1) is 0 Å². The van der Waals surface area contributed by atoms with Crippen LogP contribution in [-0.2, 0) is 6.54 Å². The van der Waals surface area contributed by atoms with Gasteiger partial charge in [-0.3, -0.25) is 0 Å². The van der Waals surface area contributed by atoms with Crippen LogP contribution in [0.5, 0.6) is 0 Å². The monoisotopic (exact) mass is 232 g/mol. The lowest BCUT2D eigenvalue weighted by Gasteiger charge is -1.98. The van der Waals surface area contributed by atoms with Crippen molar-refractivity contribution in [3.63, 3.8) is 0 Å². The molecule has 1 aromatic heterocycles. The van der Waals surface area contributed by atoms with Crippen LogP contribution in [0.2, 0.25) is 19.6 Å². The van der Waals surface area contributed by atoms with Gasteiger partial charge < -0.3 is 0 Å². The summed E-state index contributed by atoms with van der Waals surface area (Å²) < 4.78 is 1.80. The van der Waals surface area contributed by atoms with Crippen LogP contribution in [0.4, 0.5) is 0 Å². The Morgan fingerprint density at radius 3 is 2.25 bits per heavy atom. The van der Waals surface area contributed by atoms with Crippen molar-refractivity contribution in [2.24, 2.45) is 0 Å². The second kappa shape index (κ2) is 6.95. The third kappa shape index (κ3) is 5.46. The van der Waals surface area contributed by atoms with Crippen LogP contribution >= 0.6 is 0 Å². The molecule has 0 amide bonds. The predicted molar refractivity (Wildman–Crippen MR) is 68.9 cm³/mol. The molecule has 4 heteroatoms. The van der Waals surface area contributed by atoms with Crippen LogP contribution in [0.15, 0.2) is 43.0 Å². The Kier molecular flexibility index (Phi) is 5.49. The Labute approximate surface area is 98.8 Å². The molecule has 1 heterocycles. The van der Waals surface area contributed by atoms with Gasteiger partial charge in [-0.25, -0.2) is 9.67 Å². The molecule has 85 valence electrons. The highest BCUT2D eigenvalue weighted by Gasteiger charge is 1.92. The standard InChI is InChI=1S/C9H9N3.C3H9Si/c1-2-4-9(5-3-1)6-12-8-10-7-11-12;1-4(2)3/h1-5,7-8H,6H2;1-3H3. The van der Waals surface area contributed by atoms with Crippen molar-refractivity contribution in [3.05, 3.63) is 48.5 Å². The average molecular weight is 232 g/mol. The number of hydrogen-bond donors (Lipinski definition) is 0. The second-order valence-electron chi connectivity index (χ2n) is 4.08. The maximum atomic E-state index is 4.02. The lowest BCUT2D eigenvalue weighted by atomic mass is 10.2. The highest BCUT2D eigenvalue weighted by Crippen LogP contribution is 1.99. The number of hydrogen-bond acceptors (Lipinski definition) is 2. The topological polar surface area (TPSA) is 30.7 Å². The summed E-state index contributed by atoms with van der Waals surface area (Å²) in [4.78, 5) is 3.87. The van der Waals surface area contributed by atoms with E-state index in [4.69, 9.17) is 0 Å². The number of benzene rings is 1. The highest BCUT2D eigenvalue weighted by atomic mass is 28.3. The molecule has 0 aliphatic heterocycles. The molecule has 0 aliphatic carbocycles. The number of aromatic nitrogens is 3. The Balaban J connectivity index is 0.000000280. The lowest BCUT2D eigenvalue weighted by molar-refractivity contribution is 0.685. The van der Waals surface area contributed by atoms with Crippen molar-refractivity contribution in [3.8, 4) is 0 Å². The molecule has 0 saturated heterocycles. The van der Waals surface area contributed by atoms with E-state index < -0.39 is 0 Å². The molecule has 0 unspecified atom stereocenters. The SMILES string of the molecule is C[Si](C)C.c1ccc(Cn2cncn2)cc1. The molecule has 0 aliphatic rings. The van der Waals surface area contributed by atoms with E-state index in [0.717, 1.165) is 6.54 Å². The van der Waals surface area contributed by atoms with Gasteiger partial charge in [0, 0.05) is 8.80 Å². The molecule has 1 aromatic carbocycles. The zero-order valence-corrected chi connectivity index (χ0v) is 11.1. The van der Waals surface area contributed by atoms with Gasteiger partial charge in [-0.05, 0) is 5.56 Å².